The Kier molecular flexibility index (Phi) is 35.1. The van der Waals surface area contributed by atoms with Gasteiger partial charge in [-0.25, -0.2) is 26.7 Å². The van der Waals surface area contributed by atoms with Crippen molar-refractivity contribution in [2.45, 2.75) is 164 Å². The molecule has 560 valence electrons. The van der Waals surface area contributed by atoms with Crippen molar-refractivity contribution in [2.24, 2.45) is 94.0 Å². The van der Waals surface area contributed by atoms with E-state index in [-0.39, 0.29) is 132 Å². The maximum atomic E-state index is 15.5. The third-order valence-electron chi connectivity index (χ3n) is 16.2. The summed E-state index contributed by atoms with van der Waals surface area (Å²) in [5.41, 5.74) is 60.6. The summed E-state index contributed by atoms with van der Waals surface area (Å²) in [6.45, 7) is -0.549. The van der Waals surface area contributed by atoms with E-state index in [9.17, 15) is 42.3 Å². The Morgan fingerprint density at radius 2 is 0.784 bits per heavy atom. The smallest absolute Gasteiger partial charge is 0.326 e. The number of carboxylic acid groups (broad SMARTS) is 1. The number of carboxylic acids is 1. The molecule has 0 aromatic heterocycles. The fourth-order valence-electron chi connectivity index (χ4n) is 11.0. The van der Waals surface area contributed by atoms with Crippen molar-refractivity contribution in [2.75, 3.05) is 32.7 Å². The van der Waals surface area contributed by atoms with Crippen molar-refractivity contribution in [3.8, 4) is 0 Å². The average molecular weight is 1440 g/mol. The maximum Gasteiger partial charge on any atom is 0.326 e. The van der Waals surface area contributed by atoms with Crippen LogP contribution in [0, 0.1) is 35.0 Å². The maximum absolute atomic E-state index is 15.5. The van der Waals surface area contributed by atoms with Crippen LogP contribution in [-0.4, -0.2) is 174 Å². The third-order valence-corrected chi connectivity index (χ3v) is 16.2. The van der Waals surface area contributed by atoms with Crippen LogP contribution in [-0.2, 0) is 51.2 Å². The summed E-state index contributed by atoms with van der Waals surface area (Å²) in [6.07, 6.45) is -0.0842. The van der Waals surface area contributed by atoms with Gasteiger partial charge in [0.25, 0.3) is 11.8 Å². The van der Waals surface area contributed by atoms with Crippen LogP contribution < -0.4 is 95.0 Å². The van der Waals surface area contributed by atoms with Gasteiger partial charge in [-0.15, -0.1) is 0 Å². The topological polar surface area (TPSA) is 597 Å². The number of nitrogens with two attached hydrogens (primary N) is 11. The van der Waals surface area contributed by atoms with E-state index in [4.69, 9.17) is 63.1 Å². The van der Waals surface area contributed by atoms with E-state index in [1.165, 1.54) is 24.3 Å². The minimum atomic E-state index is -2.54. The lowest BCUT2D eigenvalue weighted by atomic mass is 9.84. The largest absolute Gasteiger partial charge is 0.480 e. The lowest BCUT2D eigenvalue weighted by molar-refractivity contribution is -0.143. The fourth-order valence-corrected chi connectivity index (χ4v) is 11.0. The molecule has 1 fully saturated rings. The van der Waals surface area contributed by atoms with Gasteiger partial charge in [0.2, 0.25) is 41.3 Å². The van der Waals surface area contributed by atoms with Crippen molar-refractivity contribution in [3.05, 3.63) is 106 Å². The van der Waals surface area contributed by atoms with Crippen LogP contribution >= 0.6 is 0 Å². The van der Waals surface area contributed by atoms with Gasteiger partial charge < -0.3 is 100 Å². The molecule has 33 nitrogen and oxygen atoms in total. The Labute approximate surface area is 585 Å². The fraction of sp³-hybridized carbons (Fsp3) is 0.500. The summed E-state index contributed by atoms with van der Waals surface area (Å²) in [7, 11) is 0. The quantitative estimate of drug-likeness (QED) is 0.00712. The van der Waals surface area contributed by atoms with Crippen molar-refractivity contribution >= 4 is 83.0 Å². The number of carbonyl (C=O) groups is 9. The third kappa shape index (κ3) is 28.4. The Morgan fingerprint density at radius 1 is 0.431 bits per heavy atom. The number of hydrogen-bond acceptors (Lipinski definition) is 15. The number of aliphatic carboxylic acids is 1. The zero-order valence-corrected chi connectivity index (χ0v) is 56.3. The molecule has 4 rings (SSSR count). The molecule has 0 heterocycles. The number of aliphatic imine (C=N–C) groups is 5. The number of nitrogens with one attached hydrogen (secondary N) is 6. The minimum absolute atomic E-state index is 0.0108. The molecule has 0 aliphatic heterocycles. The van der Waals surface area contributed by atoms with Crippen LogP contribution in [0.2, 0.25) is 0 Å². The molecule has 0 radical (unpaired) electrons. The number of rotatable bonds is 42. The molecular weight excluding hydrogens is 1350 g/mol. The molecule has 102 heavy (non-hydrogen) atoms. The number of guanidine groups is 5. The summed E-state index contributed by atoms with van der Waals surface area (Å²) in [5, 5.41) is 24.9. The molecule has 0 unspecified atom stereocenters. The molecule has 38 heteroatoms. The number of hydrogen-bond donors (Lipinski definition) is 18. The molecule has 1 saturated carbocycles. The molecule has 1 aliphatic carbocycles. The van der Waals surface area contributed by atoms with Gasteiger partial charge in [0, 0.05) is 56.7 Å². The Balaban J connectivity index is 1.87. The number of imide groups is 1. The monoisotopic (exact) mass is 1440 g/mol. The number of benzene rings is 3. The summed E-state index contributed by atoms with van der Waals surface area (Å²) >= 11 is 0. The first-order valence-corrected chi connectivity index (χ1v) is 32.9. The van der Waals surface area contributed by atoms with Crippen molar-refractivity contribution < 1.29 is 70.2 Å². The van der Waals surface area contributed by atoms with Crippen molar-refractivity contribution in [1.29, 1.82) is 0 Å². The first kappa shape index (κ1) is 83.5. The van der Waals surface area contributed by atoms with E-state index in [0.717, 1.165) is 19.3 Å². The first-order valence-electron chi connectivity index (χ1n) is 32.9. The Bertz CT molecular complexity index is 3450. The molecule has 8 amide bonds. The highest BCUT2D eigenvalue weighted by Crippen LogP contribution is 2.29. The van der Waals surface area contributed by atoms with Gasteiger partial charge in [0.15, 0.2) is 53.1 Å². The number of amides is 8. The number of nitrogens with zero attached hydrogens (tertiary/aromatic N) is 6. The van der Waals surface area contributed by atoms with E-state index >= 15 is 28.0 Å². The molecule has 8 atom stereocenters. The standard InChI is InChI=1S/C64H94F5N23O10/c65-46-37(47(66)49(68)50(69)48(46)67)33-43(55(97)91-44(59(101)102)31-34-15-4-1-5-16-34)90-54(96)40(23-12-28-83-62(75)76)87-52(94)39(22-11-27-82-61(73)74)86-53(95)41(24-13-29-84-63(77)78)88-56(98)45(32-35-17-6-2-7-18-35)92(57(99)36-19-8-3-9-20-36)58(100)42(25-14-30-85-64(79)80)89-51(93)38(70)21-10-26-81-60(71)72/h2-3,6-9,17-20,34,38-45H,1,4-5,10-16,21-33,70H2,(H,86,95)(H,87,94)(H,88,98)(H,89,93)(H,90,96)(H,91,97)(H,101,102)(H4,71,72,81)(H4,73,74,82)(H4,75,76,83)(H4,77,78,84)(H4,79,80,85)/t38-,39-,40-,41-,42-,43-,44-,45-/m1/s1. The SMILES string of the molecule is NC(N)=NCCC[C@@H](N)C(=O)N[C@H](CCCN=C(N)N)C(=O)N(C(=O)c1ccccc1)[C@H](Cc1ccccc1)C(=O)N[C@H](CCCN=C(N)N)C(=O)N[C@H](CCCN=C(N)N)C(=O)N[C@H](CCCN=C(N)N)C(=O)N[C@H](Cc1c(F)c(F)c(F)c(F)c1F)C(=O)N[C@H](CC1CCCCC1)C(=O)O. The lowest BCUT2D eigenvalue weighted by Gasteiger charge is -2.34. The van der Waals surface area contributed by atoms with Crippen LogP contribution in [0.3, 0.4) is 0 Å². The van der Waals surface area contributed by atoms with E-state index in [1.807, 2.05) is 0 Å². The normalized spacial score (nSPS) is 14.3. The highest BCUT2D eigenvalue weighted by Gasteiger charge is 2.42. The summed E-state index contributed by atoms with van der Waals surface area (Å²) in [4.78, 5) is 152. The van der Waals surface area contributed by atoms with Crippen LogP contribution in [0.5, 0.6) is 0 Å². The highest BCUT2D eigenvalue weighted by molar-refractivity contribution is 6.10. The van der Waals surface area contributed by atoms with E-state index in [1.54, 1.807) is 36.4 Å². The highest BCUT2D eigenvalue weighted by atomic mass is 19.2. The summed E-state index contributed by atoms with van der Waals surface area (Å²) < 4.78 is 74.8. The average Bonchev–Trinajstić information content (AvgIpc) is 0.799. The first-order chi connectivity index (χ1) is 48.4. The van der Waals surface area contributed by atoms with E-state index < -0.39 is 161 Å². The van der Waals surface area contributed by atoms with Crippen molar-refractivity contribution in [3.63, 3.8) is 0 Å². The zero-order valence-electron chi connectivity index (χ0n) is 56.3. The van der Waals surface area contributed by atoms with Gasteiger partial charge in [0.05, 0.1) is 6.04 Å². The van der Waals surface area contributed by atoms with Crippen LogP contribution in [0.25, 0.3) is 0 Å². The summed E-state index contributed by atoms with van der Waals surface area (Å²) in [6, 6.07) is 1.15. The minimum Gasteiger partial charge on any atom is -0.480 e. The van der Waals surface area contributed by atoms with Crippen molar-refractivity contribution in [1.82, 2.24) is 36.8 Å². The molecule has 0 bridgehead atoms. The van der Waals surface area contributed by atoms with Gasteiger partial charge in [-0.2, -0.15) is 0 Å². The van der Waals surface area contributed by atoms with Crippen LogP contribution in [0.15, 0.2) is 85.6 Å². The molecule has 1 aliphatic rings. The predicted octanol–water partition coefficient (Wildman–Crippen LogP) is -2.24. The van der Waals surface area contributed by atoms with Crippen LogP contribution in [0.4, 0.5) is 22.0 Å². The molecular formula is C64H94F5N23O10. The predicted molar refractivity (Wildman–Crippen MR) is 369 cm³/mol. The van der Waals surface area contributed by atoms with Gasteiger partial charge in [0.1, 0.15) is 42.3 Å². The molecule has 3 aromatic rings. The number of carbonyl (C=O) groups excluding carboxylic acids is 8. The Morgan fingerprint density at radius 3 is 1.21 bits per heavy atom. The molecule has 3 aromatic carbocycles. The van der Waals surface area contributed by atoms with Gasteiger partial charge in [-0.05, 0) is 94.2 Å². The zero-order chi connectivity index (χ0) is 75.6. The second kappa shape index (κ2) is 42.9. The molecule has 29 N–H and O–H groups in total. The van der Waals surface area contributed by atoms with Gasteiger partial charge >= 0.3 is 5.97 Å². The van der Waals surface area contributed by atoms with Gasteiger partial charge in [-0.3, -0.25) is 68.2 Å². The lowest BCUT2D eigenvalue weighted by Crippen LogP contribution is -2.62. The Hall–Kier alpha value is -11.0. The molecule has 0 saturated heterocycles. The van der Waals surface area contributed by atoms with Crippen LogP contribution in [0.1, 0.15) is 124 Å². The summed E-state index contributed by atoms with van der Waals surface area (Å²) in [5.74, 6) is -24.8. The van der Waals surface area contributed by atoms with E-state index in [2.05, 4.69) is 56.9 Å². The second-order valence-electron chi connectivity index (χ2n) is 24.1. The second-order valence-corrected chi connectivity index (χ2v) is 24.1. The van der Waals surface area contributed by atoms with Gasteiger partial charge in [-0.1, -0.05) is 80.6 Å². The number of halogens is 5. The molecule has 0 spiro atoms. The van der Waals surface area contributed by atoms with E-state index in [0.29, 0.717) is 23.3 Å².